The van der Waals surface area contributed by atoms with E-state index in [0.29, 0.717) is 0 Å². The van der Waals surface area contributed by atoms with Gasteiger partial charge in [0.1, 0.15) is 6.61 Å². The number of fused-ring (bicyclic) bond motifs is 1. The minimum atomic E-state index is -1.87. The number of carbonyl (C=O) groups is 2. The number of hydrogen-bond acceptors (Lipinski definition) is 6. The lowest BCUT2D eigenvalue weighted by Crippen LogP contribution is -2.58. The first-order valence-electron chi connectivity index (χ1n) is 8.04. The van der Waals surface area contributed by atoms with Gasteiger partial charge in [-0.2, -0.15) is 0 Å². The highest BCUT2D eigenvalue weighted by Gasteiger charge is 2.67. The Morgan fingerprint density at radius 2 is 2.12 bits per heavy atom. The van der Waals surface area contributed by atoms with Crippen LogP contribution in [0.1, 0.15) is 18.4 Å². The van der Waals surface area contributed by atoms with Gasteiger partial charge < -0.3 is 14.2 Å². The summed E-state index contributed by atoms with van der Waals surface area (Å²) < 4.78 is 16.3. The highest BCUT2D eigenvalue weighted by atomic mass is 35.5. The first kappa shape index (κ1) is 18.9. The van der Waals surface area contributed by atoms with Crippen LogP contribution in [0.15, 0.2) is 30.3 Å². The SMILES string of the molecule is O=C(OCc1ccccc1)C1N2C(=O)CC2CC1(Cl)[S+]([O-])CC[N+](=O)[O-]. The topological polar surface area (TPSA) is 113 Å². The summed E-state index contributed by atoms with van der Waals surface area (Å²) in [6.45, 7) is -0.525. The molecule has 0 bridgehead atoms. The average Bonchev–Trinajstić information content (AvgIpc) is 2.86. The second kappa shape index (κ2) is 7.42. The Balaban J connectivity index is 1.74. The monoisotopic (exact) mass is 400 g/mol. The first-order chi connectivity index (χ1) is 12.3. The number of alkyl halides is 1. The van der Waals surface area contributed by atoms with Crippen molar-refractivity contribution in [2.75, 3.05) is 12.3 Å². The van der Waals surface area contributed by atoms with Gasteiger partial charge in [0.25, 0.3) is 0 Å². The van der Waals surface area contributed by atoms with E-state index in [2.05, 4.69) is 0 Å². The van der Waals surface area contributed by atoms with Crippen LogP contribution in [0.2, 0.25) is 0 Å². The molecule has 4 atom stereocenters. The van der Waals surface area contributed by atoms with Crippen LogP contribution in [0.3, 0.4) is 0 Å². The molecule has 0 spiro atoms. The van der Waals surface area contributed by atoms with Crippen molar-refractivity contribution in [2.45, 2.75) is 35.7 Å². The third-order valence-electron chi connectivity index (χ3n) is 4.58. The van der Waals surface area contributed by atoms with Crippen LogP contribution in [0.25, 0.3) is 0 Å². The zero-order valence-electron chi connectivity index (χ0n) is 13.7. The van der Waals surface area contributed by atoms with Crippen molar-refractivity contribution in [3.8, 4) is 0 Å². The maximum atomic E-state index is 12.6. The van der Waals surface area contributed by atoms with Gasteiger partial charge in [-0.3, -0.25) is 14.9 Å². The maximum Gasteiger partial charge on any atom is 0.336 e. The predicted molar refractivity (Wildman–Crippen MR) is 93.3 cm³/mol. The largest absolute Gasteiger partial charge is 0.615 e. The van der Waals surface area contributed by atoms with Gasteiger partial charge in [0.2, 0.25) is 16.7 Å². The second-order valence-electron chi connectivity index (χ2n) is 6.25. The van der Waals surface area contributed by atoms with Gasteiger partial charge in [0, 0.05) is 23.8 Å². The van der Waals surface area contributed by atoms with Crippen LogP contribution in [-0.4, -0.2) is 54.8 Å². The zero-order chi connectivity index (χ0) is 18.9. The van der Waals surface area contributed by atoms with Gasteiger partial charge in [-0.1, -0.05) is 41.9 Å². The molecule has 4 unspecified atom stereocenters. The Morgan fingerprint density at radius 3 is 2.73 bits per heavy atom. The minimum Gasteiger partial charge on any atom is -0.615 e. The van der Waals surface area contributed by atoms with Crippen LogP contribution in [0, 0.1) is 10.1 Å². The van der Waals surface area contributed by atoms with E-state index >= 15 is 0 Å². The van der Waals surface area contributed by atoms with Gasteiger partial charge >= 0.3 is 5.97 Å². The summed E-state index contributed by atoms with van der Waals surface area (Å²) in [7, 11) is 0. The minimum absolute atomic E-state index is 0.00261. The molecule has 0 aromatic heterocycles. The molecule has 1 aromatic carbocycles. The molecule has 8 nitrogen and oxygen atoms in total. The molecular weight excluding hydrogens is 384 g/mol. The van der Waals surface area contributed by atoms with Crippen LogP contribution in [0.5, 0.6) is 0 Å². The lowest BCUT2D eigenvalue weighted by atomic mass is 10.0. The van der Waals surface area contributed by atoms with E-state index in [9.17, 15) is 24.3 Å². The molecule has 1 amide bonds. The highest BCUT2D eigenvalue weighted by molar-refractivity contribution is 7.94. The third kappa shape index (κ3) is 3.51. The molecule has 0 N–H and O–H groups in total. The summed E-state index contributed by atoms with van der Waals surface area (Å²) in [5.41, 5.74) is 0.764. The molecule has 140 valence electrons. The van der Waals surface area contributed by atoms with Crippen LogP contribution in [-0.2, 0) is 32.1 Å². The summed E-state index contributed by atoms with van der Waals surface area (Å²) in [4.78, 5) is 35.9. The van der Waals surface area contributed by atoms with Crippen molar-refractivity contribution in [1.82, 2.24) is 4.90 Å². The molecule has 10 heteroatoms. The molecule has 3 rings (SSSR count). The summed E-state index contributed by atoms with van der Waals surface area (Å²) in [6.07, 6.45) is 0.374. The molecule has 2 heterocycles. The lowest BCUT2D eigenvalue weighted by Gasteiger charge is -2.37. The number of benzene rings is 1. The molecule has 0 aliphatic carbocycles. The molecule has 2 fully saturated rings. The van der Waals surface area contributed by atoms with Crippen molar-refractivity contribution in [2.24, 2.45) is 0 Å². The van der Waals surface area contributed by atoms with Gasteiger partial charge in [0.15, 0.2) is 11.8 Å². The summed E-state index contributed by atoms with van der Waals surface area (Å²) >= 11 is 4.66. The number of rotatable bonds is 7. The Bertz CT molecular complexity index is 720. The number of amides is 1. The van der Waals surface area contributed by atoms with Crippen molar-refractivity contribution < 1.29 is 23.8 Å². The number of nitrogens with zero attached hydrogens (tertiary/aromatic N) is 2. The Labute approximate surface area is 157 Å². The van der Waals surface area contributed by atoms with Crippen molar-refractivity contribution >= 4 is 34.7 Å². The quantitative estimate of drug-likeness (QED) is 0.169. The number of halogens is 1. The molecule has 2 aliphatic rings. The van der Waals surface area contributed by atoms with Gasteiger partial charge in [0.05, 0.1) is 0 Å². The number of ether oxygens (including phenoxy) is 1. The van der Waals surface area contributed by atoms with Gasteiger partial charge in [-0.05, 0) is 16.7 Å². The van der Waals surface area contributed by atoms with Crippen molar-refractivity contribution in [1.29, 1.82) is 0 Å². The Morgan fingerprint density at radius 1 is 1.42 bits per heavy atom. The fourth-order valence-corrected chi connectivity index (χ4v) is 5.40. The molecular formula is C16H17ClN2O6S. The normalized spacial score (nSPS) is 28.2. The number of nitro groups is 1. The van der Waals surface area contributed by atoms with E-state index in [4.69, 9.17) is 16.3 Å². The van der Waals surface area contributed by atoms with Gasteiger partial charge in [-0.15, -0.1) is 0 Å². The summed E-state index contributed by atoms with van der Waals surface area (Å²) in [6, 6.07) is 7.50. The van der Waals surface area contributed by atoms with E-state index in [-0.39, 0.29) is 37.2 Å². The van der Waals surface area contributed by atoms with E-state index in [0.717, 1.165) is 5.56 Å². The molecule has 1 aromatic rings. The molecule has 26 heavy (non-hydrogen) atoms. The summed E-state index contributed by atoms with van der Waals surface area (Å²) in [5, 5.41) is 10.6. The first-order valence-corrected chi connectivity index (χ1v) is 9.73. The van der Waals surface area contributed by atoms with Crippen molar-refractivity contribution in [3.05, 3.63) is 46.0 Å². The second-order valence-corrected chi connectivity index (χ2v) is 8.98. The maximum absolute atomic E-state index is 12.6. The highest BCUT2D eigenvalue weighted by Crippen LogP contribution is 2.49. The average molecular weight is 401 g/mol. The molecule has 2 aliphatic heterocycles. The number of β-lactam (4-membered cyclic amide) rings is 1. The zero-order valence-corrected chi connectivity index (χ0v) is 15.3. The van der Waals surface area contributed by atoms with E-state index < -0.39 is 38.9 Å². The summed E-state index contributed by atoms with van der Waals surface area (Å²) in [5.74, 6) is -1.28. The van der Waals surface area contributed by atoms with Crippen LogP contribution >= 0.6 is 11.6 Å². The van der Waals surface area contributed by atoms with Crippen molar-refractivity contribution in [3.63, 3.8) is 0 Å². The standard InChI is InChI=1S/C16H17ClN2O6S/c17-16(26(24)7-6-18(22)23)9-12-8-13(20)19(12)14(16)15(21)25-10-11-4-2-1-3-5-11/h1-5,12,14H,6-10H2. The smallest absolute Gasteiger partial charge is 0.336 e. The molecule has 0 radical (unpaired) electrons. The lowest BCUT2D eigenvalue weighted by molar-refractivity contribution is -0.474. The molecule has 0 saturated carbocycles. The van der Waals surface area contributed by atoms with Crippen LogP contribution < -0.4 is 0 Å². The third-order valence-corrected chi connectivity index (χ3v) is 7.15. The Hall–Kier alpha value is -1.84. The number of carbonyl (C=O) groups excluding carboxylic acids is 2. The Kier molecular flexibility index (Phi) is 5.40. The van der Waals surface area contributed by atoms with E-state index in [1.54, 1.807) is 24.3 Å². The fraction of sp³-hybridized carbons (Fsp3) is 0.500. The number of hydrogen-bond donors (Lipinski definition) is 0. The van der Waals surface area contributed by atoms with Crippen LogP contribution in [0.4, 0.5) is 0 Å². The van der Waals surface area contributed by atoms with E-state index in [1.807, 2.05) is 6.07 Å². The predicted octanol–water partition coefficient (Wildman–Crippen LogP) is 1.06. The van der Waals surface area contributed by atoms with Gasteiger partial charge in [-0.25, -0.2) is 4.79 Å². The molecule has 2 saturated heterocycles. The number of esters is 1. The fourth-order valence-electron chi connectivity index (χ4n) is 3.30. The van der Waals surface area contributed by atoms with E-state index in [1.165, 1.54) is 4.90 Å².